The van der Waals surface area contributed by atoms with E-state index in [0.717, 1.165) is 17.2 Å². The van der Waals surface area contributed by atoms with Crippen LogP contribution in [-0.2, 0) is 25.8 Å². The van der Waals surface area contributed by atoms with Crippen molar-refractivity contribution in [3.8, 4) is 5.75 Å². The molecule has 0 saturated carbocycles. The minimum atomic E-state index is -3.97. The van der Waals surface area contributed by atoms with Gasteiger partial charge in [0.2, 0.25) is 9.84 Å². The molecule has 3 aromatic rings. The fourth-order valence-electron chi connectivity index (χ4n) is 3.62. The lowest BCUT2D eigenvalue weighted by atomic mass is 10.1. The Balaban J connectivity index is 0.00000507. The van der Waals surface area contributed by atoms with E-state index in [1.54, 1.807) is 43.3 Å². The molecule has 0 heterocycles. The molecule has 0 aliphatic heterocycles. The minimum absolute atomic E-state index is 0. The van der Waals surface area contributed by atoms with Gasteiger partial charge in [0.15, 0.2) is 18.2 Å². The maximum atomic E-state index is 14.4. The van der Waals surface area contributed by atoms with Gasteiger partial charge in [0.1, 0.15) is 0 Å². The van der Waals surface area contributed by atoms with Crippen LogP contribution in [-0.4, -0.2) is 45.3 Å². The molecule has 0 aliphatic rings. The number of carbonyl (C=O) groups is 1. The SMILES string of the molecule is CCOC(=O)COc1ccc(S(=O)(=O)c2ccc(C[C@@H](C)NC[C@H](O)c3cccc(Cl)c3)cc2)cc1F.Cl. The number of rotatable bonds is 12. The van der Waals surface area contributed by atoms with Gasteiger partial charge in [-0.05, 0) is 73.9 Å². The summed E-state index contributed by atoms with van der Waals surface area (Å²) in [5.74, 6) is -1.80. The van der Waals surface area contributed by atoms with Crippen molar-refractivity contribution in [2.75, 3.05) is 19.8 Å². The number of aliphatic hydroxyl groups excluding tert-OH is 1. The quantitative estimate of drug-likeness (QED) is 0.290. The molecule has 0 amide bonds. The summed E-state index contributed by atoms with van der Waals surface area (Å²) in [5, 5.41) is 14.2. The lowest BCUT2D eigenvalue weighted by Gasteiger charge is -2.18. The molecule has 0 radical (unpaired) electrons. The molecule has 3 rings (SSSR count). The van der Waals surface area contributed by atoms with Crippen molar-refractivity contribution in [2.24, 2.45) is 0 Å². The molecule has 38 heavy (non-hydrogen) atoms. The number of nitrogens with one attached hydrogen (secondary N) is 1. The summed E-state index contributed by atoms with van der Waals surface area (Å²) in [6.07, 6.45) is -0.111. The maximum absolute atomic E-state index is 14.4. The normalized spacial score (nSPS) is 12.8. The predicted octanol–water partition coefficient (Wildman–Crippen LogP) is 4.93. The van der Waals surface area contributed by atoms with Gasteiger partial charge in [-0.15, -0.1) is 12.4 Å². The van der Waals surface area contributed by atoms with Crippen molar-refractivity contribution in [2.45, 2.75) is 42.2 Å². The second-order valence-electron chi connectivity index (χ2n) is 8.42. The molecule has 11 heteroatoms. The van der Waals surface area contributed by atoms with Gasteiger partial charge in [-0.1, -0.05) is 35.9 Å². The van der Waals surface area contributed by atoms with Gasteiger partial charge < -0.3 is 19.9 Å². The molecule has 0 aliphatic carbocycles. The molecule has 7 nitrogen and oxygen atoms in total. The molecule has 0 saturated heterocycles. The number of sulfone groups is 1. The van der Waals surface area contributed by atoms with E-state index in [1.165, 1.54) is 24.3 Å². The third-order valence-electron chi connectivity index (χ3n) is 5.53. The van der Waals surface area contributed by atoms with Crippen LogP contribution in [0.5, 0.6) is 5.75 Å². The highest BCUT2D eigenvalue weighted by molar-refractivity contribution is 7.91. The standard InChI is InChI=1S/C27H29ClFNO6S.ClH/c1-3-35-27(32)17-36-26-12-11-23(15-24(26)29)37(33,34)22-9-7-19(8-10-22)13-18(2)30-16-25(31)20-5-4-6-21(28)14-20;/h4-12,14-15,18,25,30-31H,3,13,16-17H2,1-2H3;1H/t18-,25+;/m1./s1. The zero-order chi connectivity index (χ0) is 27.0. The fraction of sp³-hybridized carbons (Fsp3) is 0.296. The van der Waals surface area contributed by atoms with Gasteiger partial charge in [0.05, 0.1) is 22.5 Å². The van der Waals surface area contributed by atoms with Crippen LogP contribution >= 0.6 is 24.0 Å². The largest absolute Gasteiger partial charge is 0.479 e. The zero-order valence-corrected chi connectivity index (χ0v) is 23.3. The summed E-state index contributed by atoms with van der Waals surface area (Å²) in [6.45, 7) is 3.62. The molecule has 0 bridgehead atoms. The van der Waals surface area contributed by atoms with Crippen LogP contribution in [0.2, 0.25) is 5.02 Å². The Morgan fingerprint density at radius 1 is 1.08 bits per heavy atom. The third-order valence-corrected chi connectivity index (χ3v) is 7.54. The number of ether oxygens (including phenoxy) is 2. The second kappa shape index (κ2) is 14.5. The van der Waals surface area contributed by atoms with E-state index in [0.29, 0.717) is 18.0 Å². The van der Waals surface area contributed by atoms with Crippen molar-refractivity contribution in [3.63, 3.8) is 0 Å². The summed E-state index contributed by atoms with van der Waals surface area (Å²) in [4.78, 5) is 11.2. The van der Waals surface area contributed by atoms with Gasteiger partial charge >= 0.3 is 5.97 Å². The van der Waals surface area contributed by atoms with E-state index >= 15 is 0 Å². The van der Waals surface area contributed by atoms with Gasteiger partial charge in [-0.25, -0.2) is 17.6 Å². The molecule has 2 N–H and O–H groups in total. The first-order chi connectivity index (χ1) is 17.6. The Hall–Kier alpha value is -2.69. The summed E-state index contributed by atoms with van der Waals surface area (Å²) < 4.78 is 50.2. The van der Waals surface area contributed by atoms with Gasteiger partial charge in [0, 0.05) is 17.6 Å². The first kappa shape index (κ1) is 31.5. The number of benzene rings is 3. The van der Waals surface area contributed by atoms with Crippen LogP contribution in [0.1, 0.15) is 31.1 Å². The van der Waals surface area contributed by atoms with E-state index in [4.69, 9.17) is 21.1 Å². The topological polar surface area (TPSA) is 102 Å². The van der Waals surface area contributed by atoms with Crippen LogP contribution in [0.4, 0.5) is 4.39 Å². The van der Waals surface area contributed by atoms with E-state index in [-0.39, 0.29) is 40.6 Å². The monoisotopic (exact) mass is 585 g/mol. The van der Waals surface area contributed by atoms with E-state index in [9.17, 15) is 22.7 Å². The maximum Gasteiger partial charge on any atom is 0.344 e. The molecule has 0 aromatic heterocycles. The first-order valence-electron chi connectivity index (χ1n) is 11.7. The lowest BCUT2D eigenvalue weighted by molar-refractivity contribution is -0.145. The summed E-state index contributed by atoms with van der Waals surface area (Å²) in [7, 11) is -3.97. The molecular weight excluding hydrogens is 556 g/mol. The predicted molar refractivity (Wildman–Crippen MR) is 145 cm³/mol. The molecule has 0 spiro atoms. The fourth-order valence-corrected chi connectivity index (χ4v) is 5.09. The number of aliphatic hydroxyl groups is 1. The minimum Gasteiger partial charge on any atom is -0.479 e. The van der Waals surface area contributed by atoms with Crippen LogP contribution in [0.3, 0.4) is 0 Å². The molecule has 3 aromatic carbocycles. The third kappa shape index (κ3) is 8.68. The number of halogens is 3. The van der Waals surface area contributed by atoms with Crippen molar-refractivity contribution in [1.29, 1.82) is 0 Å². The average molecular weight is 587 g/mol. The Labute approximate surface area is 233 Å². The Kier molecular flexibility index (Phi) is 12.0. The molecule has 0 unspecified atom stereocenters. The highest BCUT2D eigenvalue weighted by Gasteiger charge is 2.20. The van der Waals surface area contributed by atoms with Crippen molar-refractivity contribution in [1.82, 2.24) is 5.32 Å². The van der Waals surface area contributed by atoms with E-state index in [1.807, 2.05) is 6.92 Å². The average Bonchev–Trinajstić information content (AvgIpc) is 2.87. The van der Waals surface area contributed by atoms with Crippen LogP contribution in [0.25, 0.3) is 0 Å². The molecule has 0 fully saturated rings. The highest BCUT2D eigenvalue weighted by atomic mass is 35.5. The zero-order valence-electron chi connectivity index (χ0n) is 20.9. The Morgan fingerprint density at radius 2 is 1.76 bits per heavy atom. The van der Waals surface area contributed by atoms with E-state index in [2.05, 4.69) is 5.32 Å². The van der Waals surface area contributed by atoms with Gasteiger partial charge in [-0.2, -0.15) is 0 Å². The first-order valence-corrected chi connectivity index (χ1v) is 13.5. The van der Waals surface area contributed by atoms with Crippen LogP contribution < -0.4 is 10.1 Å². The molecule has 206 valence electrons. The van der Waals surface area contributed by atoms with Crippen LogP contribution in [0, 0.1) is 5.82 Å². The van der Waals surface area contributed by atoms with Crippen molar-refractivity contribution in [3.05, 3.63) is 88.7 Å². The molecule has 2 atom stereocenters. The Bertz CT molecular complexity index is 1320. The summed E-state index contributed by atoms with van der Waals surface area (Å²) in [6, 6.07) is 16.7. The number of hydrogen-bond acceptors (Lipinski definition) is 7. The Morgan fingerprint density at radius 3 is 2.39 bits per heavy atom. The second-order valence-corrected chi connectivity index (χ2v) is 10.8. The highest BCUT2D eigenvalue weighted by Crippen LogP contribution is 2.26. The number of carbonyl (C=O) groups excluding carboxylic acids is 1. The van der Waals surface area contributed by atoms with Gasteiger partial charge in [-0.3, -0.25) is 0 Å². The van der Waals surface area contributed by atoms with E-state index < -0.39 is 34.3 Å². The lowest BCUT2D eigenvalue weighted by Crippen LogP contribution is -2.32. The van der Waals surface area contributed by atoms with Crippen LogP contribution in [0.15, 0.2) is 76.5 Å². The molecular formula is C27H30Cl2FNO6S. The number of hydrogen-bond donors (Lipinski definition) is 2. The summed E-state index contributed by atoms with van der Waals surface area (Å²) >= 11 is 5.98. The smallest absolute Gasteiger partial charge is 0.344 e. The van der Waals surface area contributed by atoms with Gasteiger partial charge in [0.25, 0.3) is 0 Å². The van der Waals surface area contributed by atoms with Crippen molar-refractivity contribution < 1.29 is 32.2 Å². The summed E-state index contributed by atoms with van der Waals surface area (Å²) in [5.41, 5.74) is 1.61. The van der Waals surface area contributed by atoms with Crippen molar-refractivity contribution >= 4 is 39.8 Å². The number of esters is 1.